The monoisotopic (exact) mass is 344 g/mol. The van der Waals surface area contributed by atoms with Crippen molar-refractivity contribution >= 4 is 5.91 Å². The fourth-order valence-corrected chi connectivity index (χ4v) is 2.10. The Hall–Kier alpha value is -2.76. The SMILES string of the molecule is CC(=O)N[C@@H](C)COc1ccc(Oc2ccc(OC(C)C)cn2)cc1. The van der Waals surface area contributed by atoms with Crippen molar-refractivity contribution in [3.63, 3.8) is 0 Å². The van der Waals surface area contributed by atoms with E-state index in [-0.39, 0.29) is 18.1 Å². The van der Waals surface area contributed by atoms with Crippen LogP contribution in [0, 0.1) is 0 Å². The number of rotatable bonds is 8. The number of carbonyl (C=O) groups is 1. The minimum Gasteiger partial charge on any atom is -0.491 e. The maximum absolute atomic E-state index is 11.0. The van der Waals surface area contributed by atoms with Gasteiger partial charge in [0.2, 0.25) is 11.8 Å². The molecule has 1 aromatic carbocycles. The Kier molecular flexibility index (Phi) is 6.62. The molecule has 0 unspecified atom stereocenters. The van der Waals surface area contributed by atoms with E-state index in [1.165, 1.54) is 6.92 Å². The van der Waals surface area contributed by atoms with Crippen molar-refractivity contribution in [1.82, 2.24) is 10.3 Å². The summed E-state index contributed by atoms with van der Waals surface area (Å²) in [5.74, 6) is 2.49. The molecule has 0 fully saturated rings. The van der Waals surface area contributed by atoms with Crippen LogP contribution in [0.2, 0.25) is 0 Å². The topological polar surface area (TPSA) is 69.7 Å². The molecule has 1 atom stereocenters. The molecule has 2 rings (SSSR count). The summed E-state index contributed by atoms with van der Waals surface area (Å²) < 4.78 is 16.9. The molecule has 0 aliphatic rings. The average molecular weight is 344 g/mol. The molecule has 0 aliphatic carbocycles. The molecule has 6 nitrogen and oxygen atoms in total. The van der Waals surface area contributed by atoms with Crippen molar-refractivity contribution < 1.29 is 19.0 Å². The first-order chi connectivity index (χ1) is 11.9. The van der Waals surface area contributed by atoms with Gasteiger partial charge in [0.05, 0.1) is 18.3 Å². The van der Waals surface area contributed by atoms with Crippen LogP contribution in [0.4, 0.5) is 0 Å². The standard InChI is InChI=1S/C19H24N2O4/c1-13(2)24-18-9-10-19(20-11-18)25-17-7-5-16(6-8-17)23-12-14(3)21-15(4)22/h5-11,13-14H,12H2,1-4H3,(H,21,22)/t14-/m0/s1. The van der Waals surface area contributed by atoms with Gasteiger partial charge in [-0.3, -0.25) is 4.79 Å². The van der Waals surface area contributed by atoms with E-state index in [0.717, 1.165) is 0 Å². The third kappa shape index (κ3) is 6.71. The summed E-state index contributed by atoms with van der Waals surface area (Å²) >= 11 is 0. The summed E-state index contributed by atoms with van der Waals surface area (Å²) in [4.78, 5) is 15.2. The maximum atomic E-state index is 11.0. The number of ether oxygens (including phenoxy) is 3. The largest absolute Gasteiger partial charge is 0.491 e. The highest BCUT2D eigenvalue weighted by atomic mass is 16.5. The van der Waals surface area contributed by atoms with Crippen LogP contribution in [0.1, 0.15) is 27.7 Å². The number of hydrogen-bond donors (Lipinski definition) is 1. The van der Waals surface area contributed by atoms with Gasteiger partial charge in [0, 0.05) is 13.0 Å². The molecule has 1 aromatic heterocycles. The zero-order valence-electron chi connectivity index (χ0n) is 15.0. The molecule has 0 radical (unpaired) electrons. The number of pyridine rings is 1. The van der Waals surface area contributed by atoms with E-state index >= 15 is 0 Å². The van der Waals surface area contributed by atoms with E-state index < -0.39 is 0 Å². The summed E-state index contributed by atoms with van der Waals surface area (Å²) in [5, 5.41) is 2.77. The molecule has 1 amide bonds. The summed E-state index contributed by atoms with van der Waals surface area (Å²) in [6.45, 7) is 7.70. The van der Waals surface area contributed by atoms with Gasteiger partial charge in [-0.25, -0.2) is 4.98 Å². The molecule has 6 heteroatoms. The van der Waals surface area contributed by atoms with E-state index in [4.69, 9.17) is 14.2 Å². The first-order valence-corrected chi connectivity index (χ1v) is 8.23. The van der Waals surface area contributed by atoms with Gasteiger partial charge in [-0.05, 0) is 51.1 Å². The summed E-state index contributed by atoms with van der Waals surface area (Å²) in [7, 11) is 0. The van der Waals surface area contributed by atoms with Gasteiger partial charge in [0.1, 0.15) is 23.9 Å². The minimum absolute atomic E-state index is 0.0517. The summed E-state index contributed by atoms with van der Waals surface area (Å²) in [5.41, 5.74) is 0. The molecule has 2 aromatic rings. The zero-order valence-corrected chi connectivity index (χ0v) is 15.0. The highest BCUT2D eigenvalue weighted by Crippen LogP contribution is 2.24. The van der Waals surface area contributed by atoms with Crippen molar-refractivity contribution in [2.24, 2.45) is 0 Å². The Bertz CT molecular complexity index is 669. The van der Waals surface area contributed by atoms with Gasteiger partial charge in [-0.2, -0.15) is 0 Å². The van der Waals surface area contributed by atoms with E-state index in [1.807, 2.05) is 39.0 Å². The highest BCUT2D eigenvalue weighted by molar-refractivity contribution is 5.73. The number of aromatic nitrogens is 1. The first kappa shape index (κ1) is 18.6. The Balaban J connectivity index is 1.86. The predicted molar refractivity (Wildman–Crippen MR) is 95.3 cm³/mol. The average Bonchev–Trinajstić information content (AvgIpc) is 2.55. The second kappa shape index (κ2) is 8.92. The fourth-order valence-electron chi connectivity index (χ4n) is 2.10. The van der Waals surface area contributed by atoms with Crippen LogP contribution >= 0.6 is 0 Å². The molecule has 1 N–H and O–H groups in total. The van der Waals surface area contributed by atoms with Gasteiger partial charge in [-0.1, -0.05) is 0 Å². The number of nitrogens with one attached hydrogen (secondary N) is 1. The number of nitrogens with zero attached hydrogens (tertiary/aromatic N) is 1. The summed E-state index contributed by atoms with van der Waals surface area (Å²) in [6.07, 6.45) is 1.74. The van der Waals surface area contributed by atoms with Crippen LogP contribution in [0.5, 0.6) is 23.1 Å². The molecular weight excluding hydrogens is 320 g/mol. The van der Waals surface area contributed by atoms with Crippen molar-refractivity contribution in [2.45, 2.75) is 39.8 Å². The predicted octanol–water partition coefficient (Wildman–Crippen LogP) is 3.56. The number of benzene rings is 1. The minimum atomic E-state index is -0.0721. The third-order valence-electron chi connectivity index (χ3n) is 3.08. The Labute approximate surface area is 148 Å². The van der Waals surface area contributed by atoms with E-state index in [0.29, 0.717) is 29.7 Å². The molecule has 134 valence electrons. The highest BCUT2D eigenvalue weighted by Gasteiger charge is 2.05. The van der Waals surface area contributed by atoms with Gasteiger partial charge in [0.25, 0.3) is 0 Å². The lowest BCUT2D eigenvalue weighted by molar-refractivity contribution is -0.119. The molecule has 0 saturated carbocycles. The van der Waals surface area contributed by atoms with Gasteiger partial charge in [-0.15, -0.1) is 0 Å². The third-order valence-corrected chi connectivity index (χ3v) is 3.08. The molecule has 0 saturated heterocycles. The van der Waals surface area contributed by atoms with Crippen LogP contribution in [0.25, 0.3) is 0 Å². The number of carbonyl (C=O) groups excluding carboxylic acids is 1. The first-order valence-electron chi connectivity index (χ1n) is 8.23. The second-order valence-corrected chi connectivity index (χ2v) is 5.98. The molecular formula is C19H24N2O4. The van der Waals surface area contributed by atoms with Crippen molar-refractivity contribution in [3.8, 4) is 23.1 Å². The smallest absolute Gasteiger partial charge is 0.219 e. The number of hydrogen-bond acceptors (Lipinski definition) is 5. The fraction of sp³-hybridized carbons (Fsp3) is 0.368. The molecule has 1 heterocycles. The van der Waals surface area contributed by atoms with Crippen LogP contribution < -0.4 is 19.5 Å². The van der Waals surface area contributed by atoms with Crippen LogP contribution in [0.3, 0.4) is 0 Å². The van der Waals surface area contributed by atoms with E-state index in [1.54, 1.807) is 24.4 Å². The van der Waals surface area contributed by atoms with E-state index in [9.17, 15) is 4.79 Å². The van der Waals surface area contributed by atoms with Gasteiger partial charge in [0.15, 0.2) is 0 Å². The van der Waals surface area contributed by atoms with Crippen LogP contribution in [0.15, 0.2) is 42.6 Å². The molecule has 0 aliphatic heterocycles. The number of amides is 1. The molecule has 0 bridgehead atoms. The zero-order chi connectivity index (χ0) is 18.2. The lowest BCUT2D eigenvalue weighted by Gasteiger charge is -2.14. The van der Waals surface area contributed by atoms with E-state index in [2.05, 4.69) is 10.3 Å². The normalized spacial score (nSPS) is 11.7. The Morgan fingerprint density at radius 3 is 2.24 bits per heavy atom. The van der Waals surface area contributed by atoms with Crippen LogP contribution in [-0.4, -0.2) is 29.6 Å². The second-order valence-electron chi connectivity index (χ2n) is 5.98. The van der Waals surface area contributed by atoms with Gasteiger partial charge < -0.3 is 19.5 Å². The van der Waals surface area contributed by atoms with Crippen molar-refractivity contribution in [1.29, 1.82) is 0 Å². The van der Waals surface area contributed by atoms with Crippen molar-refractivity contribution in [2.75, 3.05) is 6.61 Å². The lowest BCUT2D eigenvalue weighted by atomic mass is 10.3. The van der Waals surface area contributed by atoms with Gasteiger partial charge >= 0.3 is 0 Å². The lowest BCUT2D eigenvalue weighted by Crippen LogP contribution is -2.35. The van der Waals surface area contributed by atoms with Crippen molar-refractivity contribution in [3.05, 3.63) is 42.6 Å². The maximum Gasteiger partial charge on any atom is 0.219 e. The van der Waals surface area contributed by atoms with Crippen LogP contribution in [-0.2, 0) is 4.79 Å². The molecule has 0 spiro atoms. The molecule has 25 heavy (non-hydrogen) atoms. The Morgan fingerprint density at radius 1 is 1.04 bits per heavy atom. The summed E-state index contributed by atoms with van der Waals surface area (Å²) in [6, 6.07) is 10.8. The quantitative estimate of drug-likeness (QED) is 0.793. The Morgan fingerprint density at radius 2 is 1.68 bits per heavy atom.